The van der Waals surface area contributed by atoms with Crippen LogP contribution in [-0.4, -0.2) is 35.1 Å². The highest BCUT2D eigenvalue weighted by atomic mass is 16.7. The Kier molecular flexibility index (Phi) is 6.02. The van der Waals surface area contributed by atoms with E-state index < -0.39 is 0 Å². The molecular weight excluding hydrogens is 434 g/mol. The molecule has 1 aromatic heterocycles. The van der Waals surface area contributed by atoms with E-state index in [9.17, 15) is 0 Å². The molecule has 10 nitrogen and oxygen atoms in total. The molecule has 34 heavy (non-hydrogen) atoms. The minimum Gasteiger partial charge on any atom is -0.497 e. The second-order valence-corrected chi connectivity index (χ2v) is 7.13. The molecule has 2 heterocycles. The van der Waals surface area contributed by atoms with Crippen LogP contribution in [0.2, 0.25) is 0 Å². The van der Waals surface area contributed by atoms with E-state index >= 15 is 0 Å². The molecule has 0 aliphatic carbocycles. The molecule has 0 unspecified atom stereocenters. The first-order chi connectivity index (χ1) is 16.7. The summed E-state index contributed by atoms with van der Waals surface area (Å²) in [7, 11) is 1.62. The van der Waals surface area contributed by atoms with Crippen molar-refractivity contribution in [2.24, 2.45) is 5.10 Å². The molecule has 0 bridgehead atoms. The van der Waals surface area contributed by atoms with Crippen molar-refractivity contribution in [1.82, 2.24) is 15.0 Å². The summed E-state index contributed by atoms with van der Waals surface area (Å²) in [5.74, 6) is 3.13. The number of ether oxygens (including phenoxy) is 3. The highest BCUT2D eigenvalue weighted by molar-refractivity contribution is 5.81. The fourth-order valence-corrected chi connectivity index (χ4v) is 3.15. The van der Waals surface area contributed by atoms with E-state index in [0.29, 0.717) is 23.4 Å². The van der Waals surface area contributed by atoms with E-state index in [2.05, 4.69) is 36.1 Å². The quantitative estimate of drug-likeness (QED) is 0.260. The number of benzene rings is 3. The van der Waals surface area contributed by atoms with Gasteiger partial charge in [0.25, 0.3) is 0 Å². The second kappa shape index (κ2) is 9.74. The van der Waals surface area contributed by atoms with Crippen molar-refractivity contribution >= 4 is 35.4 Å². The number of para-hydroxylation sites is 1. The minimum atomic E-state index is 0.222. The Morgan fingerprint density at radius 2 is 1.47 bits per heavy atom. The molecule has 0 spiro atoms. The van der Waals surface area contributed by atoms with Gasteiger partial charge in [0.15, 0.2) is 11.5 Å². The van der Waals surface area contributed by atoms with E-state index in [1.807, 2.05) is 72.8 Å². The lowest BCUT2D eigenvalue weighted by Gasteiger charge is -2.10. The molecular formula is C24H21N7O3. The molecule has 0 fully saturated rings. The smallest absolute Gasteiger partial charge is 0.250 e. The number of rotatable bonds is 8. The summed E-state index contributed by atoms with van der Waals surface area (Å²) >= 11 is 0. The number of fused-ring (bicyclic) bond motifs is 1. The maximum absolute atomic E-state index is 5.40. The first kappa shape index (κ1) is 21.0. The Morgan fingerprint density at radius 3 is 2.21 bits per heavy atom. The summed E-state index contributed by atoms with van der Waals surface area (Å²) in [6, 6.07) is 22.6. The summed E-state index contributed by atoms with van der Waals surface area (Å²) in [5.41, 5.74) is 5.35. The van der Waals surface area contributed by atoms with Gasteiger partial charge in [-0.25, -0.2) is 5.43 Å². The maximum atomic E-state index is 5.40. The highest BCUT2D eigenvalue weighted by Crippen LogP contribution is 2.32. The first-order valence-corrected chi connectivity index (χ1v) is 10.4. The van der Waals surface area contributed by atoms with Crippen LogP contribution in [0.3, 0.4) is 0 Å². The van der Waals surface area contributed by atoms with Crippen molar-refractivity contribution in [3.63, 3.8) is 0 Å². The number of hydrogen-bond acceptors (Lipinski definition) is 10. The van der Waals surface area contributed by atoms with Gasteiger partial charge in [0.05, 0.1) is 13.3 Å². The summed E-state index contributed by atoms with van der Waals surface area (Å²) in [6.45, 7) is 0.222. The lowest BCUT2D eigenvalue weighted by atomic mass is 10.2. The van der Waals surface area contributed by atoms with Crippen molar-refractivity contribution in [3.8, 4) is 17.2 Å². The maximum Gasteiger partial charge on any atom is 0.250 e. The van der Waals surface area contributed by atoms with Gasteiger partial charge in [-0.3, -0.25) is 0 Å². The third-order valence-electron chi connectivity index (χ3n) is 4.79. The topological polar surface area (TPSA) is 115 Å². The predicted octanol–water partition coefficient (Wildman–Crippen LogP) is 4.54. The molecule has 1 aliphatic heterocycles. The Labute approximate surface area is 195 Å². The molecule has 3 aromatic carbocycles. The summed E-state index contributed by atoms with van der Waals surface area (Å²) in [6.07, 6.45) is 1.65. The van der Waals surface area contributed by atoms with Crippen LogP contribution in [0.4, 0.5) is 29.2 Å². The number of anilines is 5. The fourth-order valence-electron chi connectivity index (χ4n) is 3.15. The molecule has 0 saturated carbocycles. The van der Waals surface area contributed by atoms with E-state index in [0.717, 1.165) is 22.7 Å². The van der Waals surface area contributed by atoms with Crippen LogP contribution in [0.15, 0.2) is 77.9 Å². The van der Waals surface area contributed by atoms with Gasteiger partial charge in [-0.15, -0.1) is 0 Å². The van der Waals surface area contributed by atoms with Crippen LogP contribution in [-0.2, 0) is 0 Å². The summed E-state index contributed by atoms with van der Waals surface area (Å²) < 4.78 is 15.9. The number of hydrazone groups is 1. The summed E-state index contributed by atoms with van der Waals surface area (Å²) in [5, 5.41) is 10.6. The highest BCUT2D eigenvalue weighted by Gasteiger charge is 2.12. The Balaban J connectivity index is 1.36. The van der Waals surface area contributed by atoms with Crippen molar-refractivity contribution in [2.75, 3.05) is 30.0 Å². The molecule has 4 aromatic rings. The van der Waals surface area contributed by atoms with Gasteiger partial charge in [0, 0.05) is 11.4 Å². The van der Waals surface area contributed by atoms with Gasteiger partial charge >= 0.3 is 0 Å². The first-order valence-electron chi connectivity index (χ1n) is 10.4. The van der Waals surface area contributed by atoms with Crippen molar-refractivity contribution in [3.05, 3.63) is 78.4 Å². The molecule has 5 rings (SSSR count). The standard InChI is InChI=1S/C24H21N7O3/c1-32-19-10-8-18(9-11-19)27-23-28-22(26-17-5-3-2-4-6-17)29-24(30-23)31-25-14-16-7-12-20-21(13-16)34-15-33-20/h2-14H,15H2,1H3,(H3,26,27,28,29,30,31)/b25-14-. The zero-order chi connectivity index (χ0) is 23.2. The van der Waals surface area contributed by atoms with Crippen LogP contribution in [0.1, 0.15) is 5.56 Å². The molecule has 1 aliphatic rings. The zero-order valence-corrected chi connectivity index (χ0v) is 18.2. The normalized spacial score (nSPS) is 11.9. The Morgan fingerprint density at radius 1 is 0.794 bits per heavy atom. The van der Waals surface area contributed by atoms with E-state index in [-0.39, 0.29) is 12.7 Å². The van der Waals surface area contributed by atoms with Crippen LogP contribution in [0.5, 0.6) is 17.2 Å². The monoisotopic (exact) mass is 455 g/mol. The van der Waals surface area contributed by atoms with Gasteiger partial charge in [-0.1, -0.05) is 18.2 Å². The Hall–Kier alpha value is -4.86. The van der Waals surface area contributed by atoms with Crippen molar-refractivity contribution in [1.29, 1.82) is 0 Å². The third kappa shape index (κ3) is 5.13. The zero-order valence-electron chi connectivity index (χ0n) is 18.2. The van der Waals surface area contributed by atoms with Gasteiger partial charge in [0.1, 0.15) is 5.75 Å². The lowest BCUT2D eigenvalue weighted by Crippen LogP contribution is -2.07. The van der Waals surface area contributed by atoms with Crippen LogP contribution < -0.4 is 30.3 Å². The van der Waals surface area contributed by atoms with Gasteiger partial charge in [0.2, 0.25) is 24.6 Å². The molecule has 0 saturated heterocycles. The van der Waals surface area contributed by atoms with Gasteiger partial charge < -0.3 is 24.8 Å². The van der Waals surface area contributed by atoms with Crippen molar-refractivity contribution < 1.29 is 14.2 Å². The lowest BCUT2D eigenvalue weighted by molar-refractivity contribution is 0.174. The number of nitrogens with one attached hydrogen (secondary N) is 3. The number of nitrogens with zero attached hydrogens (tertiary/aromatic N) is 4. The van der Waals surface area contributed by atoms with Crippen LogP contribution in [0, 0.1) is 0 Å². The van der Waals surface area contributed by atoms with Gasteiger partial charge in [-0.2, -0.15) is 20.1 Å². The average Bonchev–Trinajstić information content (AvgIpc) is 3.33. The number of aromatic nitrogens is 3. The van der Waals surface area contributed by atoms with E-state index in [1.165, 1.54) is 0 Å². The fraction of sp³-hybridized carbons (Fsp3) is 0.0833. The van der Waals surface area contributed by atoms with Crippen LogP contribution in [0.25, 0.3) is 0 Å². The molecule has 0 atom stereocenters. The van der Waals surface area contributed by atoms with Crippen molar-refractivity contribution in [2.45, 2.75) is 0 Å². The Bertz CT molecular complexity index is 1300. The van der Waals surface area contributed by atoms with Crippen LogP contribution >= 0.6 is 0 Å². The molecule has 3 N–H and O–H groups in total. The predicted molar refractivity (Wildman–Crippen MR) is 130 cm³/mol. The van der Waals surface area contributed by atoms with Gasteiger partial charge in [-0.05, 0) is 60.2 Å². The number of hydrogen-bond donors (Lipinski definition) is 3. The molecule has 170 valence electrons. The molecule has 0 amide bonds. The average molecular weight is 455 g/mol. The molecule has 0 radical (unpaired) electrons. The number of methoxy groups -OCH3 is 1. The largest absolute Gasteiger partial charge is 0.497 e. The third-order valence-corrected chi connectivity index (χ3v) is 4.79. The van der Waals surface area contributed by atoms with E-state index in [4.69, 9.17) is 14.2 Å². The minimum absolute atomic E-state index is 0.222. The molecule has 10 heteroatoms. The summed E-state index contributed by atoms with van der Waals surface area (Å²) in [4.78, 5) is 13.3. The second-order valence-electron chi connectivity index (χ2n) is 7.13. The SMILES string of the molecule is COc1ccc(Nc2nc(N/N=C\c3ccc4c(c3)OCO4)nc(Nc3ccccc3)n2)cc1. The van der Waals surface area contributed by atoms with E-state index in [1.54, 1.807) is 13.3 Å².